The predicted octanol–water partition coefficient (Wildman–Crippen LogP) is 2.33. The Labute approximate surface area is 168 Å². The van der Waals surface area contributed by atoms with E-state index in [1.807, 2.05) is 49.5 Å². The Morgan fingerprint density at radius 3 is 2.55 bits per heavy atom. The number of ether oxygens (including phenoxy) is 1. The summed E-state index contributed by atoms with van der Waals surface area (Å²) in [5.74, 6) is 2.19. The summed E-state index contributed by atoms with van der Waals surface area (Å²) >= 11 is 0. The molecule has 0 bridgehead atoms. The predicted molar refractivity (Wildman–Crippen MR) is 110 cm³/mol. The number of nitrogens with one attached hydrogen (secondary N) is 1. The molecule has 29 heavy (non-hydrogen) atoms. The van der Waals surface area contributed by atoms with Crippen LogP contribution in [-0.4, -0.2) is 64.0 Å². The molecule has 0 saturated carbocycles. The third-order valence-electron chi connectivity index (χ3n) is 4.83. The first kappa shape index (κ1) is 18.7. The summed E-state index contributed by atoms with van der Waals surface area (Å²) in [6.07, 6.45) is 3.42. The van der Waals surface area contributed by atoms with Gasteiger partial charge in [0.1, 0.15) is 17.9 Å². The number of piperazine rings is 1. The SMILES string of the molecule is COc1ccccc1NC(=O)N1CCN(c2cc(-n3ccc(C)n3)ncn2)CC1. The number of urea groups is 1. The standard InChI is InChI=1S/C20H23N7O2/c1-15-7-8-27(24-15)19-13-18(21-14-22-19)25-9-11-26(12-10-25)20(28)23-16-5-3-4-6-17(16)29-2/h3-8,13-14H,9-12H2,1-2H3,(H,23,28). The van der Waals surface area contributed by atoms with E-state index in [9.17, 15) is 4.79 Å². The van der Waals surface area contributed by atoms with Crippen molar-refractivity contribution in [3.8, 4) is 11.6 Å². The van der Waals surface area contributed by atoms with Crippen LogP contribution in [0.5, 0.6) is 5.75 Å². The van der Waals surface area contributed by atoms with Crippen molar-refractivity contribution in [2.75, 3.05) is 43.5 Å². The molecule has 0 aliphatic carbocycles. The molecular weight excluding hydrogens is 370 g/mol. The Hall–Kier alpha value is -3.62. The number of carbonyl (C=O) groups is 1. The maximum atomic E-state index is 12.6. The highest BCUT2D eigenvalue weighted by atomic mass is 16.5. The number of aromatic nitrogens is 4. The molecule has 0 radical (unpaired) electrons. The molecule has 2 aromatic heterocycles. The minimum atomic E-state index is -0.135. The van der Waals surface area contributed by atoms with Crippen molar-refractivity contribution in [2.45, 2.75) is 6.92 Å². The second-order valence-corrected chi connectivity index (χ2v) is 6.74. The summed E-state index contributed by atoms with van der Waals surface area (Å²) in [6.45, 7) is 4.51. The zero-order valence-corrected chi connectivity index (χ0v) is 16.4. The van der Waals surface area contributed by atoms with E-state index in [1.54, 1.807) is 23.0 Å². The van der Waals surface area contributed by atoms with Crippen LogP contribution in [0.2, 0.25) is 0 Å². The van der Waals surface area contributed by atoms with E-state index in [0.717, 1.165) is 17.3 Å². The quantitative estimate of drug-likeness (QED) is 0.732. The van der Waals surface area contributed by atoms with Gasteiger partial charge in [-0.1, -0.05) is 12.1 Å². The molecule has 4 rings (SSSR count). The lowest BCUT2D eigenvalue weighted by Crippen LogP contribution is -2.50. The van der Waals surface area contributed by atoms with Gasteiger partial charge >= 0.3 is 6.03 Å². The summed E-state index contributed by atoms with van der Waals surface area (Å²) < 4.78 is 7.03. The van der Waals surface area contributed by atoms with E-state index in [1.165, 1.54) is 0 Å². The lowest BCUT2D eigenvalue weighted by atomic mass is 10.3. The fraction of sp³-hybridized carbons (Fsp3) is 0.300. The molecule has 1 fully saturated rings. The van der Waals surface area contributed by atoms with Crippen molar-refractivity contribution >= 4 is 17.5 Å². The maximum absolute atomic E-state index is 12.6. The van der Waals surface area contributed by atoms with Gasteiger partial charge in [0.15, 0.2) is 5.82 Å². The molecule has 3 heterocycles. The lowest BCUT2D eigenvalue weighted by Gasteiger charge is -2.35. The van der Waals surface area contributed by atoms with Gasteiger partial charge in [0.2, 0.25) is 0 Å². The number of methoxy groups -OCH3 is 1. The fourth-order valence-electron chi connectivity index (χ4n) is 3.26. The van der Waals surface area contributed by atoms with Crippen molar-refractivity contribution in [1.82, 2.24) is 24.6 Å². The molecule has 1 aliphatic rings. The molecule has 9 nitrogen and oxygen atoms in total. The zero-order chi connectivity index (χ0) is 20.2. The summed E-state index contributed by atoms with van der Waals surface area (Å²) in [7, 11) is 1.59. The van der Waals surface area contributed by atoms with E-state index < -0.39 is 0 Å². The van der Waals surface area contributed by atoms with Gasteiger partial charge in [-0.25, -0.2) is 19.4 Å². The van der Waals surface area contributed by atoms with Gasteiger partial charge in [-0.2, -0.15) is 5.10 Å². The summed E-state index contributed by atoms with van der Waals surface area (Å²) in [5, 5.41) is 7.32. The van der Waals surface area contributed by atoms with Gasteiger partial charge in [0.25, 0.3) is 0 Å². The number of nitrogens with zero attached hydrogens (tertiary/aromatic N) is 6. The number of benzene rings is 1. The molecule has 0 unspecified atom stereocenters. The summed E-state index contributed by atoms with van der Waals surface area (Å²) in [4.78, 5) is 25.3. The van der Waals surface area contributed by atoms with Crippen LogP contribution in [0, 0.1) is 6.92 Å². The monoisotopic (exact) mass is 393 g/mol. The molecule has 1 saturated heterocycles. The minimum absolute atomic E-state index is 0.135. The Morgan fingerprint density at radius 2 is 1.83 bits per heavy atom. The molecule has 2 amide bonds. The highest BCUT2D eigenvalue weighted by molar-refractivity contribution is 5.91. The molecule has 9 heteroatoms. The van der Waals surface area contributed by atoms with E-state index in [0.29, 0.717) is 37.6 Å². The first-order valence-corrected chi connectivity index (χ1v) is 9.42. The van der Waals surface area contributed by atoms with Crippen LogP contribution in [0.25, 0.3) is 5.82 Å². The molecular formula is C20H23N7O2. The summed E-state index contributed by atoms with van der Waals surface area (Å²) in [5.41, 5.74) is 1.59. The highest BCUT2D eigenvalue weighted by Crippen LogP contribution is 2.24. The van der Waals surface area contributed by atoms with Gasteiger partial charge in [0, 0.05) is 38.4 Å². The summed E-state index contributed by atoms with van der Waals surface area (Å²) in [6, 6.07) is 11.1. The Morgan fingerprint density at radius 1 is 1.07 bits per heavy atom. The number of para-hydroxylation sites is 2. The third kappa shape index (κ3) is 4.13. The van der Waals surface area contributed by atoms with Gasteiger partial charge in [-0.05, 0) is 25.1 Å². The smallest absolute Gasteiger partial charge is 0.322 e. The van der Waals surface area contributed by atoms with Crippen LogP contribution in [-0.2, 0) is 0 Å². The average Bonchev–Trinajstić information content (AvgIpc) is 3.21. The maximum Gasteiger partial charge on any atom is 0.322 e. The number of hydrogen-bond donors (Lipinski definition) is 1. The molecule has 150 valence electrons. The largest absolute Gasteiger partial charge is 0.495 e. The number of carbonyl (C=O) groups excluding carboxylic acids is 1. The van der Waals surface area contributed by atoms with Crippen molar-refractivity contribution in [3.63, 3.8) is 0 Å². The highest BCUT2D eigenvalue weighted by Gasteiger charge is 2.23. The zero-order valence-electron chi connectivity index (χ0n) is 16.4. The van der Waals surface area contributed by atoms with Crippen molar-refractivity contribution < 1.29 is 9.53 Å². The topological polar surface area (TPSA) is 88.4 Å². The van der Waals surface area contributed by atoms with Crippen LogP contribution in [0.4, 0.5) is 16.3 Å². The van der Waals surface area contributed by atoms with E-state index in [4.69, 9.17) is 4.74 Å². The van der Waals surface area contributed by atoms with Crippen LogP contribution >= 0.6 is 0 Å². The average molecular weight is 393 g/mol. The Kier molecular flexibility index (Phi) is 5.28. The first-order valence-electron chi connectivity index (χ1n) is 9.42. The van der Waals surface area contributed by atoms with Crippen molar-refractivity contribution in [3.05, 3.63) is 54.6 Å². The van der Waals surface area contributed by atoms with Crippen LogP contribution in [0.15, 0.2) is 48.9 Å². The van der Waals surface area contributed by atoms with Crippen molar-refractivity contribution in [2.24, 2.45) is 0 Å². The van der Waals surface area contributed by atoms with E-state index >= 15 is 0 Å². The molecule has 3 aromatic rings. The Bertz CT molecular complexity index is 996. The second kappa shape index (κ2) is 8.17. The van der Waals surface area contributed by atoms with Gasteiger partial charge in [-0.3, -0.25) is 0 Å². The van der Waals surface area contributed by atoms with Crippen molar-refractivity contribution in [1.29, 1.82) is 0 Å². The number of anilines is 2. The lowest BCUT2D eigenvalue weighted by molar-refractivity contribution is 0.208. The van der Waals surface area contributed by atoms with Gasteiger partial charge in [0.05, 0.1) is 18.5 Å². The fourth-order valence-corrected chi connectivity index (χ4v) is 3.26. The first-order chi connectivity index (χ1) is 14.1. The van der Waals surface area contributed by atoms with E-state index in [2.05, 4.69) is 25.3 Å². The molecule has 0 atom stereocenters. The molecule has 1 aromatic carbocycles. The number of rotatable bonds is 4. The molecule has 1 aliphatic heterocycles. The van der Waals surface area contributed by atoms with Gasteiger partial charge < -0.3 is 19.9 Å². The third-order valence-corrected chi connectivity index (χ3v) is 4.83. The van der Waals surface area contributed by atoms with Gasteiger partial charge in [-0.15, -0.1) is 0 Å². The van der Waals surface area contributed by atoms with Crippen LogP contribution < -0.4 is 15.0 Å². The van der Waals surface area contributed by atoms with Crippen LogP contribution in [0.1, 0.15) is 5.69 Å². The minimum Gasteiger partial charge on any atom is -0.495 e. The normalized spacial score (nSPS) is 14.0. The molecule has 0 spiro atoms. The number of hydrogen-bond acceptors (Lipinski definition) is 6. The Balaban J connectivity index is 1.39. The second-order valence-electron chi connectivity index (χ2n) is 6.74. The number of amides is 2. The molecule has 1 N–H and O–H groups in total. The number of aryl methyl sites for hydroxylation is 1. The van der Waals surface area contributed by atoms with E-state index in [-0.39, 0.29) is 6.03 Å². The van der Waals surface area contributed by atoms with Crippen LogP contribution in [0.3, 0.4) is 0 Å².